The van der Waals surface area contributed by atoms with Gasteiger partial charge in [-0.15, -0.1) is 0 Å². The zero-order chi connectivity index (χ0) is 41.6. The number of phenolic OH excluding ortho intramolecular Hbond substituents is 1. The molecule has 9 nitrogen and oxygen atoms in total. The molecule has 1 aromatic rings. The van der Waals surface area contributed by atoms with Crippen LogP contribution in [0.2, 0.25) is 0 Å². The third-order valence-electron chi connectivity index (χ3n) is 18.1. The maximum absolute atomic E-state index is 14.5. The predicted octanol–water partition coefficient (Wildman–Crippen LogP) is 7.81. The number of ketones is 1. The number of allylic oxidation sites excluding steroid dienone is 1. The van der Waals surface area contributed by atoms with Crippen molar-refractivity contribution in [3.63, 3.8) is 0 Å². The highest BCUT2D eigenvalue weighted by molar-refractivity contribution is 6.00. The zero-order valence-corrected chi connectivity index (χ0v) is 36.2. The van der Waals surface area contributed by atoms with Crippen LogP contribution in [0.4, 0.5) is 5.69 Å². The molecule has 0 radical (unpaired) electrons. The largest absolute Gasteiger partial charge is 0.508 e. The number of rotatable bonds is 12. The maximum Gasteiger partial charge on any atom is 0.233 e. The molecule has 2 heterocycles. The van der Waals surface area contributed by atoms with Gasteiger partial charge < -0.3 is 35.2 Å². The quantitative estimate of drug-likeness (QED) is 0.106. The van der Waals surface area contributed by atoms with Crippen molar-refractivity contribution in [2.75, 3.05) is 11.4 Å². The Labute approximate surface area is 347 Å². The van der Waals surface area contributed by atoms with Crippen LogP contribution < -0.4 is 4.90 Å². The van der Waals surface area contributed by atoms with Gasteiger partial charge in [-0.1, -0.05) is 73.1 Å². The van der Waals surface area contributed by atoms with Crippen molar-refractivity contribution in [2.24, 2.45) is 51.8 Å². The van der Waals surface area contributed by atoms with E-state index in [0.717, 1.165) is 61.8 Å². The number of hydrogen-bond donors (Lipinski definition) is 5. The van der Waals surface area contributed by atoms with E-state index in [-0.39, 0.29) is 59.2 Å². The molecule has 7 aliphatic rings. The Kier molecular flexibility index (Phi) is 11.1. The molecule has 0 aromatic heterocycles. The van der Waals surface area contributed by atoms with Gasteiger partial charge in [0.1, 0.15) is 11.9 Å². The average molecular weight is 804 g/mol. The molecule has 1 spiro atoms. The molecule has 2 aliphatic heterocycles. The first kappa shape index (κ1) is 42.4. The summed E-state index contributed by atoms with van der Waals surface area (Å²) in [5.74, 6) is 0.284. The van der Waals surface area contributed by atoms with Gasteiger partial charge in [0.25, 0.3) is 0 Å². The molecular formula is C49H73NO8. The summed E-state index contributed by atoms with van der Waals surface area (Å²) in [6, 6.07) is 5.59. The highest BCUT2D eigenvalue weighted by atomic mass is 16.6. The number of carbonyl (C=O) groups excluding carboxylic acids is 2. The first-order valence-corrected chi connectivity index (χ1v) is 23.3. The van der Waals surface area contributed by atoms with Gasteiger partial charge in [0.15, 0.2) is 5.78 Å². The topological polar surface area (TPSA) is 151 Å². The van der Waals surface area contributed by atoms with Gasteiger partial charge in [0.2, 0.25) is 5.91 Å². The molecule has 6 fully saturated rings. The van der Waals surface area contributed by atoms with E-state index in [0.29, 0.717) is 63.3 Å². The van der Waals surface area contributed by atoms with Crippen LogP contribution in [0.3, 0.4) is 0 Å². The molecule has 0 bridgehead atoms. The molecule has 0 unspecified atom stereocenters. The molecule has 13 atom stereocenters. The van der Waals surface area contributed by atoms with E-state index in [1.165, 1.54) is 12.8 Å². The Morgan fingerprint density at radius 1 is 0.966 bits per heavy atom. The number of benzene rings is 1. The fourth-order valence-corrected chi connectivity index (χ4v) is 14.4. The number of amides is 1. The van der Waals surface area contributed by atoms with Crippen molar-refractivity contribution in [3.8, 4) is 5.75 Å². The molecule has 1 amide bonds. The smallest absolute Gasteiger partial charge is 0.233 e. The monoisotopic (exact) mass is 804 g/mol. The highest BCUT2D eigenvalue weighted by Gasteiger charge is 2.72. The highest BCUT2D eigenvalue weighted by Crippen LogP contribution is 2.71. The summed E-state index contributed by atoms with van der Waals surface area (Å²) in [5, 5.41) is 59.0. The van der Waals surface area contributed by atoms with Crippen LogP contribution in [0.1, 0.15) is 150 Å². The maximum atomic E-state index is 14.5. The number of carbonyl (C=O) groups is 2. The van der Waals surface area contributed by atoms with E-state index >= 15 is 0 Å². The lowest BCUT2D eigenvalue weighted by Crippen LogP contribution is -2.63. The van der Waals surface area contributed by atoms with Crippen LogP contribution in [0, 0.1) is 51.8 Å². The summed E-state index contributed by atoms with van der Waals surface area (Å²) in [6.07, 6.45) is 12.9. The summed E-state index contributed by atoms with van der Waals surface area (Å²) in [6.45, 7) is 13.4. The number of aryl methyl sites for hydroxylation is 1. The molecule has 2 saturated heterocycles. The molecule has 5 aliphatic carbocycles. The Bertz CT molecular complexity index is 1770. The van der Waals surface area contributed by atoms with Gasteiger partial charge in [-0.3, -0.25) is 9.59 Å². The van der Waals surface area contributed by atoms with E-state index in [1.807, 2.05) is 11.8 Å². The summed E-state index contributed by atoms with van der Waals surface area (Å²) < 4.78 is 6.33. The third-order valence-corrected chi connectivity index (χ3v) is 18.1. The number of epoxide rings is 1. The molecule has 58 heavy (non-hydrogen) atoms. The summed E-state index contributed by atoms with van der Waals surface area (Å²) in [4.78, 5) is 30.5. The standard InChI is InChI=1S/C49H73NO8/c1-7-8-10-13-32-28-50(44(55)47(32)17-11-9-12-18-47)33-22-31(23-34(51)24-33)14-19-48-20-15-35-36(25-38(52)37-26-39(53)40(54)27-45(35,37)5)49(48,57)21-16-41(48)46(6,56)43-42(58-43)30(4)29(2)3/h22-25,29-30,32,35,37,39-43,51,53-54,56-57H,7-21,26-28H2,1-6H3/t30-,32+,35-,37-,39-,40+,41-,42+,43+,45-,46-,48-,49-/m1/s1. The van der Waals surface area contributed by atoms with Crippen molar-refractivity contribution in [1.29, 1.82) is 0 Å². The van der Waals surface area contributed by atoms with Gasteiger partial charge in [-0.05, 0) is 142 Å². The number of anilines is 1. The lowest BCUT2D eigenvalue weighted by atomic mass is 9.44. The van der Waals surface area contributed by atoms with Crippen LogP contribution in [0.5, 0.6) is 5.75 Å². The second-order valence-electron chi connectivity index (χ2n) is 21.4. The molecular weight excluding hydrogens is 731 g/mol. The van der Waals surface area contributed by atoms with Crippen LogP contribution in [-0.4, -0.2) is 79.4 Å². The van der Waals surface area contributed by atoms with Crippen LogP contribution in [0.25, 0.3) is 0 Å². The Morgan fingerprint density at radius 2 is 1.71 bits per heavy atom. The second-order valence-corrected chi connectivity index (χ2v) is 21.4. The number of nitrogens with zero attached hydrogens (tertiary/aromatic N) is 1. The molecule has 4 saturated carbocycles. The van der Waals surface area contributed by atoms with E-state index < -0.39 is 40.2 Å². The first-order valence-electron chi connectivity index (χ1n) is 23.3. The van der Waals surface area contributed by atoms with Crippen molar-refractivity contribution in [1.82, 2.24) is 0 Å². The van der Waals surface area contributed by atoms with Crippen molar-refractivity contribution in [3.05, 3.63) is 35.4 Å². The molecule has 1 aromatic carbocycles. The lowest BCUT2D eigenvalue weighted by Gasteiger charge is -2.61. The van der Waals surface area contributed by atoms with Crippen molar-refractivity contribution >= 4 is 17.4 Å². The third kappa shape index (κ3) is 6.57. The Hall–Kier alpha value is -2.30. The Balaban J connectivity index is 1.13. The minimum absolute atomic E-state index is 0.0766. The number of hydrogen-bond acceptors (Lipinski definition) is 8. The molecule has 5 N–H and O–H groups in total. The summed E-state index contributed by atoms with van der Waals surface area (Å²) in [5.41, 5.74) is -1.99. The minimum Gasteiger partial charge on any atom is -0.508 e. The fourth-order valence-electron chi connectivity index (χ4n) is 14.4. The number of aliphatic hydroxyl groups is 4. The van der Waals surface area contributed by atoms with Gasteiger partial charge in [-0.25, -0.2) is 0 Å². The number of phenols is 1. The van der Waals surface area contributed by atoms with Crippen LogP contribution in [-0.2, 0) is 20.7 Å². The van der Waals surface area contributed by atoms with Crippen molar-refractivity contribution in [2.45, 2.75) is 186 Å². The van der Waals surface area contributed by atoms with Crippen molar-refractivity contribution < 1.29 is 39.9 Å². The van der Waals surface area contributed by atoms with Gasteiger partial charge in [0, 0.05) is 29.6 Å². The van der Waals surface area contributed by atoms with E-state index in [1.54, 1.807) is 18.2 Å². The number of unbranched alkanes of at least 4 members (excludes halogenated alkanes) is 2. The predicted molar refractivity (Wildman–Crippen MR) is 224 cm³/mol. The van der Waals surface area contributed by atoms with Gasteiger partial charge in [-0.2, -0.15) is 0 Å². The molecule has 8 rings (SSSR count). The lowest BCUT2D eigenvalue weighted by molar-refractivity contribution is -0.168. The molecule has 322 valence electrons. The van der Waals surface area contributed by atoms with Crippen LogP contribution in [0.15, 0.2) is 29.8 Å². The first-order chi connectivity index (χ1) is 27.4. The number of aliphatic hydroxyl groups excluding tert-OH is 2. The van der Waals surface area contributed by atoms with E-state index in [9.17, 15) is 35.1 Å². The summed E-state index contributed by atoms with van der Waals surface area (Å²) >= 11 is 0. The molecule has 9 heteroatoms. The van der Waals surface area contributed by atoms with E-state index in [2.05, 4.69) is 40.7 Å². The summed E-state index contributed by atoms with van der Waals surface area (Å²) in [7, 11) is 0. The van der Waals surface area contributed by atoms with Gasteiger partial charge >= 0.3 is 0 Å². The van der Waals surface area contributed by atoms with E-state index in [4.69, 9.17) is 4.74 Å². The van der Waals surface area contributed by atoms with Gasteiger partial charge in [0.05, 0.1) is 34.9 Å². The fraction of sp³-hybridized carbons (Fsp3) is 0.796. The Morgan fingerprint density at radius 3 is 2.41 bits per heavy atom. The number of aromatic hydroxyl groups is 1. The zero-order valence-electron chi connectivity index (χ0n) is 36.2. The SMILES string of the molecule is CCCCC[C@H]1CN(c2cc(O)cc(CC[C@]34CC[C@@H]5C(=CC(=O)[C@H]6C[C@@H](O)[C@@H](O)C[C@@]65C)[C@]3(O)CC[C@@H]4[C@@](C)(O)[C@H]3O[C@H]3[C@H](C)C(C)C)c2)C(=O)C12CCCCC2. The minimum atomic E-state index is -1.38. The van der Waals surface area contributed by atoms with Crippen LogP contribution >= 0.6 is 0 Å². The average Bonchev–Trinajstić information content (AvgIpc) is 3.87. The number of ether oxygens (including phenoxy) is 1. The second kappa shape index (κ2) is 15.3. The normalized spacial score (nSPS) is 40.9. The number of fused-ring (bicyclic) bond motifs is 5.